The molecule has 0 unspecified atom stereocenters. The van der Waals surface area contributed by atoms with E-state index < -0.39 is 15.7 Å². The maximum absolute atomic E-state index is 12.2. The van der Waals surface area contributed by atoms with Gasteiger partial charge in [-0.3, -0.25) is 15.1 Å². The van der Waals surface area contributed by atoms with Crippen molar-refractivity contribution >= 4 is 21.8 Å². The second-order valence-electron chi connectivity index (χ2n) is 5.44. The molecule has 1 aromatic carbocycles. The maximum atomic E-state index is 12.2. The van der Waals surface area contributed by atoms with E-state index >= 15 is 0 Å². The van der Waals surface area contributed by atoms with Gasteiger partial charge in [-0.05, 0) is 30.7 Å². The third-order valence-corrected chi connectivity index (χ3v) is 5.32. The zero-order valence-corrected chi connectivity index (χ0v) is 14.5. The number of aromatic nitrogens is 3. The Morgan fingerprint density at radius 2 is 1.88 bits per heavy atom. The summed E-state index contributed by atoms with van der Waals surface area (Å²) in [5, 5.41) is 10.0. The standard InChI is InChI=1S/C17H16N4O4S/c22-15(9-5-11-26(23,24)14-7-2-1-3-8-14)19-17-21-20-16(25-17)13-6-4-10-18-12-13/h1-4,6-8,10,12H,5,9,11H2,(H,19,21,22). The van der Waals surface area contributed by atoms with Crippen molar-refractivity contribution in [2.75, 3.05) is 11.1 Å². The highest BCUT2D eigenvalue weighted by Crippen LogP contribution is 2.18. The summed E-state index contributed by atoms with van der Waals surface area (Å²) in [6.45, 7) is 0. The molecular formula is C17H16N4O4S. The molecule has 0 saturated carbocycles. The van der Waals surface area contributed by atoms with Crippen LogP contribution >= 0.6 is 0 Å². The molecule has 1 N–H and O–H groups in total. The number of amides is 1. The highest BCUT2D eigenvalue weighted by atomic mass is 32.2. The first-order valence-corrected chi connectivity index (χ1v) is 9.51. The van der Waals surface area contributed by atoms with E-state index in [1.807, 2.05) is 0 Å². The fraction of sp³-hybridized carbons (Fsp3) is 0.176. The summed E-state index contributed by atoms with van der Waals surface area (Å²) in [7, 11) is -3.40. The van der Waals surface area contributed by atoms with Crippen LogP contribution in [0.4, 0.5) is 6.01 Å². The Balaban J connectivity index is 1.51. The quantitative estimate of drug-likeness (QED) is 0.676. The van der Waals surface area contributed by atoms with Gasteiger partial charge in [-0.25, -0.2) is 8.42 Å². The van der Waals surface area contributed by atoms with Crippen LogP contribution in [-0.4, -0.2) is 35.3 Å². The SMILES string of the molecule is O=C(CCCS(=O)(=O)c1ccccc1)Nc1nnc(-c2cccnc2)o1. The molecule has 0 radical (unpaired) electrons. The Bertz CT molecular complexity index is 972. The van der Waals surface area contributed by atoms with Crippen molar-refractivity contribution in [3.05, 3.63) is 54.9 Å². The number of hydrogen-bond donors (Lipinski definition) is 1. The highest BCUT2D eigenvalue weighted by Gasteiger charge is 2.16. The zero-order valence-electron chi connectivity index (χ0n) is 13.7. The van der Waals surface area contributed by atoms with Crippen LogP contribution in [-0.2, 0) is 14.6 Å². The highest BCUT2D eigenvalue weighted by molar-refractivity contribution is 7.91. The molecule has 0 bridgehead atoms. The van der Waals surface area contributed by atoms with Crippen LogP contribution in [0, 0.1) is 0 Å². The minimum atomic E-state index is -3.40. The molecule has 0 aliphatic rings. The number of anilines is 1. The lowest BCUT2D eigenvalue weighted by Crippen LogP contribution is -2.14. The first-order chi connectivity index (χ1) is 12.5. The molecular weight excluding hydrogens is 356 g/mol. The number of hydrogen-bond acceptors (Lipinski definition) is 7. The van der Waals surface area contributed by atoms with Gasteiger partial charge in [0.2, 0.25) is 5.91 Å². The smallest absolute Gasteiger partial charge is 0.322 e. The Labute approximate surface area is 150 Å². The van der Waals surface area contributed by atoms with Crippen LogP contribution in [0.1, 0.15) is 12.8 Å². The van der Waals surface area contributed by atoms with Gasteiger partial charge in [-0.15, -0.1) is 5.10 Å². The molecule has 0 atom stereocenters. The van der Waals surface area contributed by atoms with Crippen molar-refractivity contribution in [3.63, 3.8) is 0 Å². The summed E-state index contributed by atoms with van der Waals surface area (Å²) >= 11 is 0. The third kappa shape index (κ3) is 4.51. The van der Waals surface area contributed by atoms with Crippen LogP contribution in [0.15, 0.2) is 64.2 Å². The fourth-order valence-electron chi connectivity index (χ4n) is 2.23. The van der Waals surface area contributed by atoms with Gasteiger partial charge in [0.15, 0.2) is 9.84 Å². The largest absolute Gasteiger partial charge is 0.403 e. The average Bonchev–Trinajstić information content (AvgIpc) is 3.11. The zero-order chi connectivity index (χ0) is 18.4. The lowest BCUT2D eigenvalue weighted by atomic mass is 10.3. The molecule has 8 nitrogen and oxygen atoms in total. The first-order valence-electron chi connectivity index (χ1n) is 7.86. The molecule has 2 aromatic heterocycles. The second-order valence-corrected chi connectivity index (χ2v) is 7.55. The van der Waals surface area contributed by atoms with Gasteiger partial charge in [0.1, 0.15) is 0 Å². The molecule has 26 heavy (non-hydrogen) atoms. The van der Waals surface area contributed by atoms with Crippen molar-refractivity contribution < 1.29 is 17.6 Å². The minimum absolute atomic E-state index is 0.0245. The predicted molar refractivity (Wildman–Crippen MR) is 93.9 cm³/mol. The molecule has 0 spiro atoms. The Kier molecular flexibility index (Phi) is 5.37. The van der Waals surface area contributed by atoms with Gasteiger partial charge in [0.05, 0.1) is 16.2 Å². The minimum Gasteiger partial charge on any atom is -0.403 e. The van der Waals surface area contributed by atoms with Gasteiger partial charge in [-0.1, -0.05) is 23.3 Å². The Morgan fingerprint density at radius 1 is 1.08 bits per heavy atom. The fourth-order valence-corrected chi connectivity index (χ4v) is 3.56. The first kappa shape index (κ1) is 17.7. The topological polar surface area (TPSA) is 115 Å². The Hall–Kier alpha value is -3.07. The maximum Gasteiger partial charge on any atom is 0.322 e. The summed E-state index contributed by atoms with van der Waals surface area (Å²) in [6.07, 6.45) is 3.39. The summed E-state index contributed by atoms with van der Waals surface area (Å²) in [5.41, 5.74) is 0.634. The predicted octanol–water partition coefficient (Wildman–Crippen LogP) is 2.32. The summed E-state index contributed by atoms with van der Waals surface area (Å²) in [6, 6.07) is 11.6. The summed E-state index contributed by atoms with van der Waals surface area (Å²) in [5.74, 6) is -0.274. The molecule has 3 rings (SSSR count). The van der Waals surface area contributed by atoms with Gasteiger partial charge < -0.3 is 4.42 Å². The number of carbonyl (C=O) groups excluding carboxylic acids is 1. The van der Waals surface area contributed by atoms with E-state index in [2.05, 4.69) is 20.5 Å². The molecule has 0 aliphatic carbocycles. The number of rotatable bonds is 7. The van der Waals surface area contributed by atoms with Crippen LogP contribution in [0.3, 0.4) is 0 Å². The molecule has 134 valence electrons. The van der Waals surface area contributed by atoms with E-state index in [-0.39, 0.29) is 35.4 Å². The van der Waals surface area contributed by atoms with Gasteiger partial charge in [0, 0.05) is 18.8 Å². The molecule has 0 saturated heterocycles. The molecule has 0 fully saturated rings. The van der Waals surface area contributed by atoms with Crippen molar-refractivity contribution in [1.82, 2.24) is 15.2 Å². The second kappa shape index (κ2) is 7.87. The normalized spacial score (nSPS) is 11.2. The van der Waals surface area contributed by atoms with Gasteiger partial charge >= 0.3 is 6.01 Å². The number of carbonyl (C=O) groups is 1. The molecule has 9 heteroatoms. The van der Waals surface area contributed by atoms with E-state index in [0.29, 0.717) is 5.56 Å². The molecule has 3 aromatic rings. The van der Waals surface area contributed by atoms with Gasteiger partial charge in [0.25, 0.3) is 5.89 Å². The third-order valence-electron chi connectivity index (χ3n) is 3.50. The van der Waals surface area contributed by atoms with Crippen LogP contribution in [0.5, 0.6) is 0 Å². The number of benzene rings is 1. The van der Waals surface area contributed by atoms with Crippen LogP contribution in [0.2, 0.25) is 0 Å². The van der Waals surface area contributed by atoms with E-state index in [9.17, 15) is 13.2 Å². The summed E-state index contributed by atoms with van der Waals surface area (Å²) < 4.78 is 29.7. The van der Waals surface area contributed by atoms with E-state index in [4.69, 9.17) is 4.42 Å². The van der Waals surface area contributed by atoms with Crippen LogP contribution < -0.4 is 5.32 Å². The van der Waals surface area contributed by atoms with E-state index in [1.54, 1.807) is 42.7 Å². The monoisotopic (exact) mass is 372 g/mol. The van der Waals surface area contributed by atoms with Gasteiger partial charge in [-0.2, -0.15) is 0 Å². The lowest BCUT2D eigenvalue weighted by Gasteiger charge is -2.04. The van der Waals surface area contributed by atoms with Crippen molar-refractivity contribution in [2.24, 2.45) is 0 Å². The number of nitrogens with one attached hydrogen (secondary N) is 1. The molecule has 2 heterocycles. The lowest BCUT2D eigenvalue weighted by molar-refractivity contribution is -0.116. The number of pyridine rings is 1. The summed E-state index contributed by atoms with van der Waals surface area (Å²) in [4.78, 5) is 16.1. The van der Waals surface area contributed by atoms with E-state index in [1.165, 1.54) is 12.1 Å². The van der Waals surface area contributed by atoms with Crippen LogP contribution in [0.25, 0.3) is 11.5 Å². The van der Waals surface area contributed by atoms with Crippen molar-refractivity contribution in [3.8, 4) is 11.5 Å². The number of nitrogens with zero attached hydrogens (tertiary/aromatic N) is 3. The number of sulfone groups is 1. The van der Waals surface area contributed by atoms with Crippen molar-refractivity contribution in [1.29, 1.82) is 0 Å². The Morgan fingerprint density at radius 3 is 2.62 bits per heavy atom. The van der Waals surface area contributed by atoms with E-state index in [0.717, 1.165) is 0 Å². The average molecular weight is 372 g/mol. The van der Waals surface area contributed by atoms with Crippen molar-refractivity contribution in [2.45, 2.75) is 17.7 Å². The molecule has 1 amide bonds. The molecule has 0 aliphatic heterocycles.